The third-order valence-electron chi connectivity index (χ3n) is 5.44. The molecule has 1 saturated carbocycles. The van der Waals surface area contributed by atoms with E-state index in [1.54, 1.807) is 24.5 Å². The fourth-order valence-corrected chi connectivity index (χ4v) is 3.74. The zero-order valence-electron chi connectivity index (χ0n) is 16.6. The topological polar surface area (TPSA) is 100 Å². The summed E-state index contributed by atoms with van der Waals surface area (Å²) >= 11 is 5.85. The Morgan fingerprint density at radius 2 is 2.00 bits per heavy atom. The Labute approximate surface area is 183 Å². The molecule has 0 amide bonds. The highest BCUT2D eigenvalue weighted by atomic mass is 35.5. The maximum atomic E-state index is 13.5. The number of aliphatic hydroxyl groups excluding tert-OH is 2. The van der Waals surface area contributed by atoms with E-state index >= 15 is 0 Å². The molecule has 0 saturated heterocycles. The van der Waals surface area contributed by atoms with Gasteiger partial charge in [-0.15, -0.1) is 0 Å². The molecule has 0 bridgehead atoms. The van der Waals surface area contributed by atoms with E-state index in [4.69, 9.17) is 11.6 Å². The first-order chi connectivity index (χ1) is 15.0. The van der Waals surface area contributed by atoms with Crippen molar-refractivity contribution in [2.24, 2.45) is 5.92 Å². The molecule has 3 aromatic rings. The molecule has 1 fully saturated rings. The number of pyridine rings is 1. The van der Waals surface area contributed by atoms with Gasteiger partial charge in [-0.3, -0.25) is 4.79 Å². The summed E-state index contributed by atoms with van der Waals surface area (Å²) in [7, 11) is 0. The Bertz CT molecular complexity index is 1140. The van der Waals surface area contributed by atoms with E-state index in [2.05, 4.69) is 15.3 Å². The molecule has 2 atom stereocenters. The van der Waals surface area contributed by atoms with Crippen LogP contribution in [0.15, 0.2) is 53.6 Å². The minimum Gasteiger partial charge on any atom is -0.394 e. The van der Waals surface area contributed by atoms with E-state index in [-0.39, 0.29) is 29.8 Å². The number of anilines is 1. The van der Waals surface area contributed by atoms with Crippen LogP contribution in [0.4, 0.5) is 10.3 Å². The molecule has 2 aromatic heterocycles. The summed E-state index contributed by atoms with van der Waals surface area (Å²) in [6.45, 7) is -0.350. The van der Waals surface area contributed by atoms with Crippen molar-refractivity contribution in [3.05, 3.63) is 75.5 Å². The van der Waals surface area contributed by atoms with Gasteiger partial charge in [0.25, 0.3) is 5.56 Å². The summed E-state index contributed by atoms with van der Waals surface area (Å²) in [4.78, 5) is 21.5. The first-order valence-electron chi connectivity index (χ1n) is 9.99. The number of hydrogen-bond acceptors (Lipinski definition) is 6. The van der Waals surface area contributed by atoms with E-state index in [0.29, 0.717) is 28.7 Å². The van der Waals surface area contributed by atoms with Crippen molar-refractivity contribution in [3.63, 3.8) is 0 Å². The van der Waals surface area contributed by atoms with Gasteiger partial charge in [0.1, 0.15) is 5.82 Å². The number of halogens is 2. The van der Waals surface area contributed by atoms with Gasteiger partial charge in [-0.1, -0.05) is 17.7 Å². The average Bonchev–Trinajstić information content (AvgIpc) is 3.61. The van der Waals surface area contributed by atoms with Crippen LogP contribution in [0.5, 0.6) is 0 Å². The van der Waals surface area contributed by atoms with Crippen LogP contribution in [0.25, 0.3) is 11.3 Å². The van der Waals surface area contributed by atoms with Gasteiger partial charge in [0.05, 0.1) is 36.0 Å². The maximum Gasteiger partial charge on any atom is 0.251 e. The van der Waals surface area contributed by atoms with Crippen LogP contribution in [-0.4, -0.2) is 44.0 Å². The predicted molar refractivity (Wildman–Crippen MR) is 116 cm³/mol. The molecule has 3 N–H and O–H groups in total. The van der Waals surface area contributed by atoms with Crippen molar-refractivity contribution in [1.82, 2.24) is 14.5 Å². The van der Waals surface area contributed by atoms with E-state index < -0.39 is 11.9 Å². The highest BCUT2D eigenvalue weighted by molar-refractivity contribution is 6.30. The zero-order valence-corrected chi connectivity index (χ0v) is 17.3. The predicted octanol–water partition coefficient (Wildman–Crippen LogP) is 2.86. The second-order valence-electron chi connectivity index (χ2n) is 7.57. The Morgan fingerprint density at radius 3 is 2.65 bits per heavy atom. The summed E-state index contributed by atoms with van der Waals surface area (Å²) in [5.74, 6) is 0.251. The van der Waals surface area contributed by atoms with Crippen LogP contribution >= 0.6 is 11.6 Å². The second kappa shape index (κ2) is 9.13. The molecule has 0 aliphatic heterocycles. The van der Waals surface area contributed by atoms with Gasteiger partial charge in [-0.05, 0) is 48.6 Å². The highest BCUT2D eigenvalue weighted by Gasteiger charge is 2.31. The van der Waals surface area contributed by atoms with Crippen LogP contribution in [0.2, 0.25) is 5.02 Å². The number of aromatic nitrogens is 3. The van der Waals surface area contributed by atoms with E-state index in [0.717, 1.165) is 12.8 Å². The normalized spacial score (nSPS) is 15.5. The van der Waals surface area contributed by atoms with E-state index in [1.807, 2.05) is 0 Å². The quantitative estimate of drug-likeness (QED) is 0.494. The first-order valence-corrected chi connectivity index (χ1v) is 10.4. The third-order valence-corrected chi connectivity index (χ3v) is 5.73. The molecule has 9 heteroatoms. The molecule has 1 aliphatic rings. The van der Waals surface area contributed by atoms with Crippen LogP contribution < -0.4 is 10.9 Å². The zero-order chi connectivity index (χ0) is 22.0. The number of nitrogens with one attached hydrogen (secondary N) is 1. The molecular formula is C22H22ClFN4O3. The summed E-state index contributed by atoms with van der Waals surface area (Å²) in [5, 5.41) is 22.5. The second-order valence-corrected chi connectivity index (χ2v) is 7.98. The van der Waals surface area contributed by atoms with Crippen molar-refractivity contribution in [1.29, 1.82) is 0 Å². The molecule has 1 aromatic carbocycles. The molecule has 0 spiro atoms. The van der Waals surface area contributed by atoms with Gasteiger partial charge >= 0.3 is 0 Å². The monoisotopic (exact) mass is 444 g/mol. The van der Waals surface area contributed by atoms with Crippen molar-refractivity contribution in [3.8, 4) is 11.3 Å². The largest absolute Gasteiger partial charge is 0.394 e. The molecule has 0 radical (unpaired) electrons. The van der Waals surface area contributed by atoms with Crippen molar-refractivity contribution >= 4 is 17.5 Å². The fourth-order valence-electron chi connectivity index (χ4n) is 3.55. The van der Waals surface area contributed by atoms with Crippen molar-refractivity contribution in [2.45, 2.75) is 24.9 Å². The fraction of sp³-hybridized carbons (Fsp3) is 0.318. The van der Waals surface area contributed by atoms with E-state index in [9.17, 15) is 19.4 Å². The molecular weight excluding hydrogens is 423 g/mol. The molecule has 7 nitrogen and oxygen atoms in total. The lowest BCUT2D eigenvalue weighted by Gasteiger charge is -2.19. The van der Waals surface area contributed by atoms with Gasteiger partial charge in [-0.25, -0.2) is 14.4 Å². The third kappa shape index (κ3) is 4.76. The van der Waals surface area contributed by atoms with Crippen LogP contribution in [0, 0.1) is 11.7 Å². The number of benzene rings is 1. The van der Waals surface area contributed by atoms with Gasteiger partial charge in [0, 0.05) is 24.0 Å². The maximum absolute atomic E-state index is 13.5. The Kier molecular flexibility index (Phi) is 6.31. The van der Waals surface area contributed by atoms with Gasteiger partial charge in [0.15, 0.2) is 0 Å². The van der Waals surface area contributed by atoms with Gasteiger partial charge in [0.2, 0.25) is 5.95 Å². The highest BCUT2D eigenvalue weighted by Crippen LogP contribution is 2.33. The SMILES string of the molecule is O=c1cc(-c2ccnc(N[C@H](CO)C3CC3)n2)ccn1[C@H](CO)c1ccc(F)c(Cl)c1. The van der Waals surface area contributed by atoms with Crippen LogP contribution in [-0.2, 0) is 0 Å². The minimum absolute atomic E-state index is 0.00422. The molecule has 0 unspecified atom stereocenters. The summed E-state index contributed by atoms with van der Waals surface area (Å²) in [6, 6.07) is 8.13. The summed E-state index contributed by atoms with van der Waals surface area (Å²) < 4.78 is 14.8. The van der Waals surface area contributed by atoms with Crippen LogP contribution in [0.1, 0.15) is 24.4 Å². The number of hydrogen-bond donors (Lipinski definition) is 3. The van der Waals surface area contributed by atoms with Crippen molar-refractivity contribution < 1.29 is 14.6 Å². The Morgan fingerprint density at radius 1 is 1.19 bits per heavy atom. The van der Waals surface area contributed by atoms with Crippen LogP contribution in [0.3, 0.4) is 0 Å². The Hall–Kier alpha value is -2.81. The molecule has 2 heterocycles. The van der Waals surface area contributed by atoms with Gasteiger partial charge < -0.3 is 20.1 Å². The molecule has 4 rings (SSSR count). The van der Waals surface area contributed by atoms with Gasteiger partial charge in [-0.2, -0.15) is 0 Å². The summed E-state index contributed by atoms with van der Waals surface area (Å²) in [6.07, 6.45) is 5.29. The van der Waals surface area contributed by atoms with Crippen molar-refractivity contribution in [2.75, 3.05) is 18.5 Å². The smallest absolute Gasteiger partial charge is 0.251 e. The minimum atomic E-state index is -0.703. The molecule has 162 valence electrons. The molecule has 31 heavy (non-hydrogen) atoms. The first kappa shape index (κ1) is 21.4. The van der Waals surface area contributed by atoms with E-state index in [1.165, 1.54) is 28.8 Å². The lowest BCUT2D eigenvalue weighted by molar-refractivity contribution is 0.247. The standard InChI is InChI=1S/C22H22ClFN4O3/c23-16-9-15(3-4-17(16)24)20(12-30)28-8-6-14(10-21(28)31)18-5-7-25-22(26-18)27-19(11-29)13-1-2-13/h3-10,13,19-20,29-30H,1-2,11-12H2,(H,25,26,27)/t19-,20-/m1/s1. The number of aliphatic hydroxyl groups is 2. The summed E-state index contributed by atoms with van der Waals surface area (Å²) in [5.41, 5.74) is 1.32. The lowest BCUT2D eigenvalue weighted by Crippen LogP contribution is -2.27. The number of rotatable bonds is 8. The Balaban J connectivity index is 1.60. The molecule has 1 aliphatic carbocycles. The average molecular weight is 445 g/mol. The number of nitrogens with zero attached hydrogens (tertiary/aromatic N) is 3. The lowest BCUT2D eigenvalue weighted by atomic mass is 10.1.